The summed E-state index contributed by atoms with van der Waals surface area (Å²) >= 11 is 1.36. The molecule has 0 spiro atoms. The first-order chi connectivity index (χ1) is 11.2. The summed E-state index contributed by atoms with van der Waals surface area (Å²) in [5.41, 5.74) is 1.41. The van der Waals surface area contributed by atoms with E-state index in [1.165, 1.54) is 11.8 Å². The third kappa shape index (κ3) is 3.29. The first kappa shape index (κ1) is 15.4. The Labute approximate surface area is 137 Å². The number of amides is 1. The van der Waals surface area contributed by atoms with Gasteiger partial charge < -0.3 is 10.1 Å². The van der Waals surface area contributed by atoms with E-state index < -0.39 is 0 Å². The second kappa shape index (κ2) is 6.70. The Morgan fingerprint density at radius 3 is 2.83 bits per heavy atom. The molecule has 0 fully saturated rings. The molecule has 0 bridgehead atoms. The number of carbonyl (C=O) groups excluding carboxylic acids is 1. The number of anilines is 1. The Bertz CT molecular complexity index is 834. The lowest BCUT2D eigenvalue weighted by Crippen LogP contribution is -2.23. The number of pyridine rings is 1. The van der Waals surface area contributed by atoms with Gasteiger partial charge in [0, 0.05) is 6.20 Å². The van der Waals surface area contributed by atoms with Gasteiger partial charge in [0.05, 0.1) is 18.0 Å². The van der Waals surface area contributed by atoms with Gasteiger partial charge in [-0.3, -0.25) is 9.20 Å². The van der Waals surface area contributed by atoms with Crippen LogP contribution in [0.2, 0.25) is 0 Å². The number of aromatic nitrogens is 3. The average Bonchev–Trinajstić information content (AvgIpc) is 2.98. The van der Waals surface area contributed by atoms with Crippen LogP contribution < -0.4 is 10.1 Å². The minimum absolute atomic E-state index is 0.118. The summed E-state index contributed by atoms with van der Waals surface area (Å²) in [4.78, 5) is 12.4. The molecule has 0 radical (unpaired) electrons. The van der Waals surface area contributed by atoms with E-state index in [4.69, 9.17) is 4.74 Å². The zero-order valence-electron chi connectivity index (χ0n) is 12.8. The molecule has 7 heteroatoms. The van der Waals surface area contributed by atoms with Crippen molar-refractivity contribution in [3.05, 3.63) is 48.7 Å². The van der Waals surface area contributed by atoms with Gasteiger partial charge in [-0.2, -0.15) is 0 Å². The number of rotatable bonds is 5. The zero-order chi connectivity index (χ0) is 16.2. The summed E-state index contributed by atoms with van der Waals surface area (Å²) in [5.74, 6) is 0.512. The largest absolute Gasteiger partial charge is 0.495 e. The number of hydrogen-bond donors (Lipinski definition) is 1. The minimum Gasteiger partial charge on any atom is -0.495 e. The second-order valence-electron chi connectivity index (χ2n) is 4.86. The summed E-state index contributed by atoms with van der Waals surface area (Å²) in [6, 6.07) is 13.0. The number of thioether (sulfide) groups is 1. The Balaban J connectivity index is 1.73. The Kier molecular flexibility index (Phi) is 4.47. The maximum absolute atomic E-state index is 12.4. The lowest BCUT2D eigenvalue weighted by atomic mass is 10.3. The molecule has 0 unspecified atom stereocenters. The molecule has 2 aromatic heterocycles. The molecule has 2 heterocycles. The molecule has 0 saturated carbocycles. The molecule has 1 atom stereocenters. The molecule has 1 aromatic carbocycles. The topological polar surface area (TPSA) is 68.5 Å². The monoisotopic (exact) mass is 328 g/mol. The molecule has 0 aliphatic carbocycles. The number of hydrogen-bond acceptors (Lipinski definition) is 5. The number of ether oxygens (including phenoxy) is 1. The van der Waals surface area contributed by atoms with Gasteiger partial charge in [0.1, 0.15) is 5.75 Å². The van der Waals surface area contributed by atoms with Crippen LogP contribution in [0, 0.1) is 0 Å². The number of fused-ring (bicyclic) bond motifs is 1. The van der Waals surface area contributed by atoms with Crippen molar-refractivity contribution in [1.82, 2.24) is 14.6 Å². The highest BCUT2D eigenvalue weighted by molar-refractivity contribution is 8.00. The number of benzene rings is 1. The van der Waals surface area contributed by atoms with Gasteiger partial charge in [-0.25, -0.2) is 0 Å². The van der Waals surface area contributed by atoms with Gasteiger partial charge >= 0.3 is 0 Å². The highest BCUT2D eigenvalue weighted by Gasteiger charge is 2.19. The van der Waals surface area contributed by atoms with Crippen molar-refractivity contribution in [3.8, 4) is 5.75 Å². The summed E-state index contributed by atoms with van der Waals surface area (Å²) in [7, 11) is 1.57. The molecular weight excluding hydrogens is 312 g/mol. The van der Waals surface area contributed by atoms with Crippen LogP contribution in [0.1, 0.15) is 6.92 Å². The van der Waals surface area contributed by atoms with E-state index in [1.54, 1.807) is 19.2 Å². The summed E-state index contributed by atoms with van der Waals surface area (Å²) in [6.45, 7) is 1.83. The van der Waals surface area contributed by atoms with Crippen molar-refractivity contribution < 1.29 is 9.53 Å². The Morgan fingerprint density at radius 1 is 1.22 bits per heavy atom. The van der Waals surface area contributed by atoms with Crippen molar-refractivity contribution in [2.75, 3.05) is 12.4 Å². The molecule has 23 heavy (non-hydrogen) atoms. The third-order valence-electron chi connectivity index (χ3n) is 3.30. The predicted octanol–water partition coefficient (Wildman–Crippen LogP) is 2.86. The molecular formula is C16H16N4O2S. The van der Waals surface area contributed by atoms with E-state index in [2.05, 4.69) is 15.5 Å². The van der Waals surface area contributed by atoms with Gasteiger partial charge in [-0.1, -0.05) is 30.0 Å². The van der Waals surface area contributed by atoms with E-state index in [0.29, 0.717) is 16.6 Å². The molecule has 3 rings (SSSR count). The first-order valence-electron chi connectivity index (χ1n) is 7.09. The lowest BCUT2D eigenvalue weighted by molar-refractivity contribution is -0.115. The van der Waals surface area contributed by atoms with Crippen LogP contribution in [0.4, 0.5) is 5.69 Å². The van der Waals surface area contributed by atoms with Crippen LogP contribution in [0.15, 0.2) is 53.8 Å². The van der Waals surface area contributed by atoms with Crippen LogP contribution >= 0.6 is 11.8 Å². The fourth-order valence-electron chi connectivity index (χ4n) is 2.09. The molecule has 0 aliphatic heterocycles. The van der Waals surface area contributed by atoms with E-state index in [-0.39, 0.29) is 11.2 Å². The summed E-state index contributed by atoms with van der Waals surface area (Å²) in [6.07, 6.45) is 1.88. The van der Waals surface area contributed by atoms with Crippen LogP contribution in [0.3, 0.4) is 0 Å². The summed E-state index contributed by atoms with van der Waals surface area (Å²) in [5, 5.41) is 11.4. The van der Waals surface area contributed by atoms with Crippen molar-refractivity contribution in [3.63, 3.8) is 0 Å². The van der Waals surface area contributed by atoms with Gasteiger partial charge in [-0.05, 0) is 31.2 Å². The molecule has 0 saturated heterocycles. The van der Waals surface area contributed by atoms with E-state index in [0.717, 1.165) is 5.65 Å². The van der Waals surface area contributed by atoms with Crippen LogP contribution in [0.5, 0.6) is 5.75 Å². The molecule has 118 valence electrons. The fourth-order valence-corrected chi connectivity index (χ4v) is 2.93. The van der Waals surface area contributed by atoms with E-state index >= 15 is 0 Å². The van der Waals surface area contributed by atoms with Crippen molar-refractivity contribution in [1.29, 1.82) is 0 Å². The number of nitrogens with one attached hydrogen (secondary N) is 1. The van der Waals surface area contributed by atoms with E-state index in [1.807, 2.05) is 47.9 Å². The van der Waals surface area contributed by atoms with Crippen molar-refractivity contribution in [2.24, 2.45) is 0 Å². The number of nitrogens with zero attached hydrogens (tertiary/aromatic N) is 3. The number of para-hydroxylation sites is 2. The van der Waals surface area contributed by atoms with Gasteiger partial charge in [0.15, 0.2) is 10.8 Å². The normalized spacial score (nSPS) is 12.1. The van der Waals surface area contributed by atoms with Gasteiger partial charge in [-0.15, -0.1) is 10.2 Å². The third-order valence-corrected chi connectivity index (χ3v) is 4.36. The van der Waals surface area contributed by atoms with Gasteiger partial charge in [0.2, 0.25) is 5.91 Å². The Hall–Kier alpha value is -2.54. The molecule has 0 aliphatic rings. The Morgan fingerprint density at radius 2 is 2.00 bits per heavy atom. The van der Waals surface area contributed by atoms with Crippen LogP contribution in [0.25, 0.3) is 5.65 Å². The van der Waals surface area contributed by atoms with Gasteiger partial charge in [0.25, 0.3) is 0 Å². The average molecular weight is 328 g/mol. The van der Waals surface area contributed by atoms with Crippen molar-refractivity contribution >= 4 is 29.0 Å². The SMILES string of the molecule is COc1ccccc1NC(=O)[C@H](C)Sc1nnc2ccccn12. The highest BCUT2D eigenvalue weighted by Crippen LogP contribution is 2.26. The van der Waals surface area contributed by atoms with Crippen molar-refractivity contribution in [2.45, 2.75) is 17.3 Å². The molecule has 1 N–H and O–H groups in total. The van der Waals surface area contributed by atoms with E-state index in [9.17, 15) is 4.79 Å². The fraction of sp³-hybridized carbons (Fsp3) is 0.188. The standard InChI is InChI=1S/C16H16N4O2S/c1-11(15(21)17-12-7-3-4-8-13(12)22-2)23-16-19-18-14-9-5-6-10-20(14)16/h3-11H,1-2H3,(H,17,21)/t11-/m0/s1. The molecule has 1 amide bonds. The number of carbonyl (C=O) groups is 1. The van der Waals surface area contributed by atoms with Crippen LogP contribution in [-0.4, -0.2) is 32.9 Å². The smallest absolute Gasteiger partial charge is 0.237 e. The maximum atomic E-state index is 12.4. The quantitative estimate of drug-likeness (QED) is 0.729. The zero-order valence-corrected chi connectivity index (χ0v) is 13.6. The lowest BCUT2D eigenvalue weighted by Gasteiger charge is -2.13. The maximum Gasteiger partial charge on any atom is 0.237 e. The number of methoxy groups -OCH3 is 1. The first-order valence-corrected chi connectivity index (χ1v) is 7.97. The van der Waals surface area contributed by atoms with Crippen LogP contribution in [-0.2, 0) is 4.79 Å². The predicted molar refractivity (Wildman–Crippen MR) is 89.9 cm³/mol. The molecule has 6 nitrogen and oxygen atoms in total. The second-order valence-corrected chi connectivity index (χ2v) is 6.17. The molecule has 3 aromatic rings. The minimum atomic E-state index is -0.326. The highest BCUT2D eigenvalue weighted by atomic mass is 32.2. The summed E-state index contributed by atoms with van der Waals surface area (Å²) < 4.78 is 7.10.